The molecule has 1 aromatic carbocycles. The van der Waals surface area contributed by atoms with E-state index in [1.807, 2.05) is 0 Å². The Kier molecular flexibility index (Phi) is 1.63. The van der Waals surface area contributed by atoms with Gasteiger partial charge in [-0.25, -0.2) is 0 Å². The standard InChI is InChI=1S/C12H11Br/c13-12-6-5-8-7-11(12)10-4-2-1-3-9(8)10/h1-6,8,11-12H,7H2. The summed E-state index contributed by atoms with van der Waals surface area (Å²) < 4.78 is 0. The average Bonchev–Trinajstić information content (AvgIpc) is 2.48. The zero-order valence-corrected chi connectivity index (χ0v) is 8.87. The lowest BCUT2D eigenvalue weighted by Crippen LogP contribution is -2.09. The molecule has 0 saturated heterocycles. The summed E-state index contributed by atoms with van der Waals surface area (Å²) in [5.74, 6) is 1.40. The normalized spacial score (nSPS) is 34.7. The minimum atomic E-state index is 0.549. The topological polar surface area (TPSA) is 0 Å². The molecule has 3 atom stereocenters. The minimum Gasteiger partial charge on any atom is -0.0839 e. The molecule has 0 amide bonds. The van der Waals surface area contributed by atoms with Crippen molar-refractivity contribution in [2.24, 2.45) is 0 Å². The van der Waals surface area contributed by atoms with E-state index < -0.39 is 0 Å². The van der Waals surface area contributed by atoms with E-state index in [1.54, 1.807) is 11.1 Å². The van der Waals surface area contributed by atoms with Crippen LogP contribution in [0.25, 0.3) is 0 Å². The fraction of sp³-hybridized carbons (Fsp3) is 0.333. The molecule has 3 unspecified atom stereocenters. The molecular weight excluding hydrogens is 224 g/mol. The van der Waals surface area contributed by atoms with Gasteiger partial charge >= 0.3 is 0 Å². The average molecular weight is 235 g/mol. The molecule has 0 aromatic heterocycles. The Labute approximate surface area is 86.8 Å². The maximum absolute atomic E-state index is 3.72. The van der Waals surface area contributed by atoms with E-state index in [0.29, 0.717) is 16.7 Å². The molecule has 2 aliphatic rings. The van der Waals surface area contributed by atoms with Crippen LogP contribution in [0.5, 0.6) is 0 Å². The second kappa shape index (κ2) is 2.71. The minimum absolute atomic E-state index is 0.549. The third kappa shape index (κ3) is 1.03. The third-order valence-electron chi connectivity index (χ3n) is 3.21. The van der Waals surface area contributed by atoms with Crippen LogP contribution in [0.15, 0.2) is 36.4 Å². The van der Waals surface area contributed by atoms with Crippen LogP contribution in [-0.4, -0.2) is 4.83 Å². The van der Waals surface area contributed by atoms with Gasteiger partial charge in [-0.15, -0.1) is 0 Å². The Balaban J connectivity index is 2.19. The maximum atomic E-state index is 3.72. The second-order valence-electron chi connectivity index (χ2n) is 3.91. The molecule has 0 fully saturated rings. The molecule has 0 radical (unpaired) electrons. The number of allylic oxidation sites excluding steroid dienone is 2. The summed E-state index contributed by atoms with van der Waals surface area (Å²) in [6, 6.07) is 8.85. The van der Waals surface area contributed by atoms with Crippen molar-refractivity contribution in [1.29, 1.82) is 0 Å². The van der Waals surface area contributed by atoms with Crippen LogP contribution in [-0.2, 0) is 0 Å². The second-order valence-corrected chi connectivity index (χ2v) is 4.96. The Bertz CT molecular complexity index is 367. The van der Waals surface area contributed by atoms with Gasteiger partial charge < -0.3 is 0 Å². The molecule has 2 aliphatic carbocycles. The third-order valence-corrected chi connectivity index (χ3v) is 4.16. The quantitative estimate of drug-likeness (QED) is 0.476. The van der Waals surface area contributed by atoms with Gasteiger partial charge in [0.2, 0.25) is 0 Å². The Hall–Kier alpha value is -0.560. The summed E-state index contributed by atoms with van der Waals surface area (Å²) in [6.07, 6.45) is 5.95. The number of hydrogen-bond acceptors (Lipinski definition) is 0. The molecule has 0 spiro atoms. The lowest BCUT2D eigenvalue weighted by atomic mass is 9.93. The van der Waals surface area contributed by atoms with Gasteiger partial charge in [-0.2, -0.15) is 0 Å². The highest BCUT2D eigenvalue weighted by Crippen LogP contribution is 2.49. The first kappa shape index (κ1) is 7.81. The van der Waals surface area contributed by atoms with Gasteiger partial charge in [0.15, 0.2) is 0 Å². The van der Waals surface area contributed by atoms with Gasteiger partial charge in [-0.3, -0.25) is 0 Å². The van der Waals surface area contributed by atoms with Crippen molar-refractivity contribution < 1.29 is 0 Å². The number of halogens is 1. The van der Waals surface area contributed by atoms with E-state index in [-0.39, 0.29) is 0 Å². The van der Waals surface area contributed by atoms with Gasteiger partial charge in [-0.1, -0.05) is 52.3 Å². The maximum Gasteiger partial charge on any atom is 0.0394 e. The fourth-order valence-electron chi connectivity index (χ4n) is 2.57. The predicted octanol–water partition coefficient (Wildman–Crippen LogP) is 3.59. The zero-order chi connectivity index (χ0) is 8.84. The number of benzene rings is 1. The Morgan fingerprint density at radius 3 is 2.69 bits per heavy atom. The largest absolute Gasteiger partial charge is 0.0839 e. The van der Waals surface area contributed by atoms with Crippen molar-refractivity contribution in [2.75, 3.05) is 0 Å². The summed E-state index contributed by atoms with van der Waals surface area (Å²) in [7, 11) is 0. The van der Waals surface area contributed by atoms with Gasteiger partial charge in [0.05, 0.1) is 0 Å². The molecular formula is C12H11Br. The molecule has 13 heavy (non-hydrogen) atoms. The molecule has 1 aromatic rings. The molecule has 1 heteroatoms. The van der Waals surface area contributed by atoms with E-state index in [1.165, 1.54) is 6.42 Å². The summed E-state index contributed by atoms with van der Waals surface area (Å²) in [6.45, 7) is 0. The number of alkyl halides is 1. The monoisotopic (exact) mass is 234 g/mol. The van der Waals surface area contributed by atoms with Crippen molar-refractivity contribution in [3.8, 4) is 0 Å². The van der Waals surface area contributed by atoms with Crippen molar-refractivity contribution in [3.05, 3.63) is 47.5 Å². The molecule has 66 valence electrons. The van der Waals surface area contributed by atoms with Crippen molar-refractivity contribution in [3.63, 3.8) is 0 Å². The molecule has 0 aliphatic heterocycles. The first-order chi connectivity index (χ1) is 6.36. The van der Waals surface area contributed by atoms with E-state index in [2.05, 4.69) is 52.3 Å². The molecule has 3 rings (SSSR count). The first-order valence-electron chi connectivity index (χ1n) is 4.77. The molecule has 0 saturated carbocycles. The number of rotatable bonds is 0. The number of hydrogen-bond donors (Lipinski definition) is 0. The lowest BCUT2D eigenvalue weighted by Gasteiger charge is -2.18. The van der Waals surface area contributed by atoms with Crippen LogP contribution in [0.3, 0.4) is 0 Å². The molecule has 0 nitrogen and oxygen atoms in total. The Morgan fingerprint density at radius 1 is 1.08 bits per heavy atom. The predicted molar refractivity (Wildman–Crippen MR) is 58.4 cm³/mol. The fourth-order valence-corrected chi connectivity index (χ4v) is 3.25. The van der Waals surface area contributed by atoms with E-state index in [4.69, 9.17) is 0 Å². The van der Waals surface area contributed by atoms with Crippen LogP contribution in [0.2, 0.25) is 0 Å². The number of fused-ring (bicyclic) bond motifs is 5. The van der Waals surface area contributed by atoms with Gasteiger partial charge in [0.1, 0.15) is 0 Å². The highest BCUT2D eigenvalue weighted by atomic mass is 79.9. The molecule has 2 bridgehead atoms. The highest BCUT2D eigenvalue weighted by Gasteiger charge is 2.35. The summed E-state index contributed by atoms with van der Waals surface area (Å²) in [5.41, 5.74) is 3.10. The SMILES string of the molecule is BrC1C=CC2CC1c1ccccc12. The van der Waals surface area contributed by atoms with Crippen molar-refractivity contribution >= 4 is 15.9 Å². The van der Waals surface area contributed by atoms with Crippen molar-refractivity contribution in [1.82, 2.24) is 0 Å². The lowest BCUT2D eigenvalue weighted by molar-refractivity contribution is 0.642. The molecule has 0 N–H and O–H groups in total. The van der Waals surface area contributed by atoms with Crippen LogP contribution in [0, 0.1) is 0 Å². The van der Waals surface area contributed by atoms with Crippen LogP contribution >= 0.6 is 15.9 Å². The summed E-state index contributed by atoms with van der Waals surface area (Å²) >= 11 is 3.72. The van der Waals surface area contributed by atoms with Crippen LogP contribution < -0.4 is 0 Å². The first-order valence-corrected chi connectivity index (χ1v) is 5.69. The smallest absolute Gasteiger partial charge is 0.0394 e. The van der Waals surface area contributed by atoms with Crippen molar-refractivity contribution in [2.45, 2.75) is 23.1 Å². The van der Waals surface area contributed by atoms with Crippen LogP contribution in [0.1, 0.15) is 29.4 Å². The van der Waals surface area contributed by atoms with Gasteiger partial charge in [0, 0.05) is 16.7 Å². The highest BCUT2D eigenvalue weighted by molar-refractivity contribution is 9.09. The van der Waals surface area contributed by atoms with Gasteiger partial charge in [0.25, 0.3) is 0 Å². The zero-order valence-electron chi connectivity index (χ0n) is 7.28. The van der Waals surface area contributed by atoms with E-state index in [0.717, 1.165) is 0 Å². The van der Waals surface area contributed by atoms with Crippen LogP contribution in [0.4, 0.5) is 0 Å². The van der Waals surface area contributed by atoms with E-state index >= 15 is 0 Å². The Morgan fingerprint density at radius 2 is 1.85 bits per heavy atom. The summed E-state index contributed by atoms with van der Waals surface area (Å²) in [4.78, 5) is 0.549. The van der Waals surface area contributed by atoms with E-state index in [9.17, 15) is 0 Å². The summed E-state index contributed by atoms with van der Waals surface area (Å²) in [5, 5.41) is 0. The van der Waals surface area contributed by atoms with Gasteiger partial charge in [-0.05, 0) is 17.5 Å². The molecule has 0 heterocycles.